The van der Waals surface area contributed by atoms with E-state index in [1.54, 1.807) is 0 Å². The number of anilines is 1. The van der Waals surface area contributed by atoms with Crippen molar-refractivity contribution in [3.8, 4) is 0 Å². The maximum Gasteiger partial charge on any atom is 0.254 e. The van der Waals surface area contributed by atoms with Gasteiger partial charge in [0.15, 0.2) is 0 Å². The van der Waals surface area contributed by atoms with Crippen LogP contribution in [0.4, 0.5) is 5.00 Å². The molecule has 3 aliphatic carbocycles. The van der Waals surface area contributed by atoms with Gasteiger partial charge in [0.1, 0.15) is 5.00 Å². The van der Waals surface area contributed by atoms with Crippen LogP contribution in [0.25, 0.3) is 0 Å². The molecule has 0 bridgehead atoms. The molecule has 1 heterocycles. The Labute approximate surface area is 151 Å². The first-order valence-electron chi connectivity index (χ1n) is 9.15. The molecule has 3 aliphatic rings. The zero-order valence-corrected chi connectivity index (χ0v) is 15.1. The van der Waals surface area contributed by atoms with Gasteiger partial charge in [-0.3, -0.25) is 9.59 Å². The van der Waals surface area contributed by atoms with Crippen LogP contribution in [0.3, 0.4) is 0 Å². The van der Waals surface area contributed by atoms with Gasteiger partial charge in [-0.2, -0.15) is 0 Å². The van der Waals surface area contributed by atoms with Crippen molar-refractivity contribution in [2.45, 2.75) is 50.5 Å². The summed E-state index contributed by atoms with van der Waals surface area (Å²) in [7, 11) is 0. The molecule has 2 saturated carbocycles. The summed E-state index contributed by atoms with van der Waals surface area (Å²) < 4.78 is 0. The highest BCUT2D eigenvalue weighted by Crippen LogP contribution is 2.42. The van der Waals surface area contributed by atoms with Gasteiger partial charge in [-0.15, -0.1) is 11.3 Å². The van der Waals surface area contributed by atoms with E-state index >= 15 is 0 Å². The molecule has 0 spiro atoms. The van der Waals surface area contributed by atoms with Gasteiger partial charge >= 0.3 is 0 Å². The Kier molecular flexibility index (Phi) is 4.33. The van der Waals surface area contributed by atoms with Crippen LogP contribution in [0.5, 0.6) is 0 Å². The first kappa shape index (κ1) is 17.0. The summed E-state index contributed by atoms with van der Waals surface area (Å²) in [5, 5.41) is 17.2. The lowest BCUT2D eigenvalue weighted by Gasteiger charge is -2.31. The Morgan fingerprint density at radius 1 is 1.28 bits per heavy atom. The fraction of sp³-hybridized carbons (Fsp3) is 0.667. The smallest absolute Gasteiger partial charge is 0.254 e. The number of hydrogen-bond donors (Lipinski definition) is 4. The van der Waals surface area contributed by atoms with Crippen molar-refractivity contribution < 1.29 is 14.7 Å². The number of fused-ring (bicyclic) bond motifs is 1. The average molecular weight is 363 g/mol. The molecule has 1 atom stereocenters. The number of thiophene rings is 1. The van der Waals surface area contributed by atoms with Gasteiger partial charge in [0.25, 0.3) is 5.91 Å². The van der Waals surface area contributed by atoms with Gasteiger partial charge < -0.3 is 21.5 Å². The Balaban J connectivity index is 1.62. The highest BCUT2D eigenvalue weighted by atomic mass is 32.1. The lowest BCUT2D eigenvalue weighted by Crippen LogP contribution is -2.43. The summed E-state index contributed by atoms with van der Waals surface area (Å²) >= 11 is 1.48. The van der Waals surface area contributed by atoms with Gasteiger partial charge in [0.05, 0.1) is 11.2 Å². The molecule has 0 saturated heterocycles. The van der Waals surface area contributed by atoms with Gasteiger partial charge in [0, 0.05) is 30.3 Å². The van der Waals surface area contributed by atoms with Crippen molar-refractivity contribution in [3.05, 3.63) is 16.0 Å². The van der Waals surface area contributed by atoms with Gasteiger partial charge in [-0.25, -0.2) is 0 Å². The number of rotatable bonds is 6. The normalized spacial score (nSPS) is 25.4. The van der Waals surface area contributed by atoms with E-state index in [4.69, 9.17) is 5.73 Å². The Bertz CT molecular complexity index is 709. The zero-order chi connectivity index (χ0) is 17.6. The number of nitrogens with one attached hydrogen (secondary N) is 2. The van der Waals surface area contributed by atoms with Crippen LogP contribution in [-0.4, -0.2) is 35.6 Å². The van der Waals surface area contributed by atoms with Crippen molar-refractivity contribution in [1.29, 1.82) is 0 Å². The zero-order valence-electron chi connectivity index (χ0n) is 14.3. The van der Waals surface area contributed by atoms with E-state index in [9.17, 15) is 14.7 Å². The number of nitrogens with two attached hydrogens (primary N) is 1. The molecule has 7 heteroatoms. The van der Waals surface area contributed by atoms with E-state index in [-0.39, 0.29) is 24.3 Å². The van der Waals surface area contributed by atoms with Crippen molar-refractivity contribution in [2.75, 3.05) is 18.4 Å². The predicted molar refractivity (Wildman–Crippen MR) is 96.8 cm³/mol. The summed E-state index contributed by atoms with van der Waals surface area (Å²) in [5.74, 6) is 0.534. The van der Waals surface area contributed by atoms with Crippen LogP contribution in [0.1, 0.15) is 52.9 Å². The first-order chi connectivity index (χ1) is 12.0. The molecule has 0 aromatic carbocycles. The molecule has 136 valence electrons. The molecule has 0 aliphatic heterocycles. The Morgan fingerprint density at radius 2 is 2.04 bits per heavy atom. The summed E-state index contributed by atoms with van der Waals surface area (Å²) in [4.78, 5) is 26.1. The molecular formula is C18H25N3O3S. The monoisotopic (exact) mass is 363 g/mol. The molecule has 1 aromatic heterocycles. The van der Waals surface area contributed by atoms with Crippen LogP contribution < -0.4 is 16.4 Å². The summed E-state index contributed by atoms with van der Waals surface area (Å²) in [6, 6.07) is 0. The van der Waals surface area contributed by atoms with E-state index in [2.05, 4.69) is 10.6 Å². The van der Waals surface area contributed by atoms with Crippen LogP contribution in [0.15, 0.2) is 0 Å². The fourth-order valence-corrected chi connectivity index (χ4v) is 4.59. The minimum absolute atomic E-state index is 0.00364. The topological polar surface area (TPSA) is 104 Å². The second kappa shape index (κ2) is 6.37. The highest BCUT2D eigenvalue weighted by molar-refractivity contribution is 7.17. The Hall–Kier alpha value is -1.44. The van der Waals surface area contributed by atoms with E-state index in [1.807, 2.05) is 0 Å². The molecule has 1 unspecified atom stereocenters. The van der Waals surface area contributed by atoms with Crippen molar-refractivity contribution in [3.63, 3.8) is 0 Å². The number of aliphatic hydroxyl groups is 1. The number of hydrogen-bond acceptors (Lipinski definition) is 5. The largest absolute Gasteiger partial charge is 0.388 e. The first-order valence-corrected chi connectivity index (χ1v) is 9.97. The molecule has 4 rings (SSSR count). The molecule has 2 fully saturated rings. The van der Waals surface area contributed by atoms with Gasteiger partial charge in [0.2, 0.25) is 5.91 Å². The van der Waals surface area contributed by atoms with Gasteiger partial charge in [-0.1, -0.05) is 0 Å². The molecule has 6 nitrogen and oxygen atoms in total. The fourth-order valence-electron chi connectivity index (χ4n) is 3.37. The highest BCUT2D eigenvalue weighted by Gasteiger charge is 2.38. The maximum atomic E-state index is 12.8. The third-order valence-corrected chi connectivity index (χ3v) is 6.66. The third-order valence-electron chi connectivity index (χ3n) is 5.45. The van der Waals surface area contributed by atoms with Crippen LogP contribution in [-0.2, 0) is 17.6 Å². The predicted octanol–water partition coefficient (Wildman–Crippen LogP) is 1.41. The van der Waals surface area contributed by atoms with E-state index in [0.29, 0.717) is 42.3 Å². The molecule has 5 N–H and O–H groups in total. The number of aryl methyl sites for hydroxylation is 1. The van der Waals surface area contributed by atoms with Crippen molar-refractivity contribution in [1.82, 2.24) is 5.32 Å². The third kappa shape index (κ3) is 3.59. The lowest BCUT2D eigenvalue weighted by atomic mass is 9.82. The summed E-state index contributed by atoms with van der Waals surface area (Å²) in [6.07, 6.45) is 5.84. The maximum absolute atomic E-state index is 12.8. The minimum atomic E-state index is -0.961. The standard InChI is InChI=1S/C18H25N3O3S/c19-9-18(24)6-5-13-12(7-18)14(16(23)20-8-10-1-2-10)17(25-13)21-15(22)11-3-4-11/h10-11,24H,1-9,19H2,(H,20,23)(H,21,22). The average Bonchev–Trinajstić information content (AvgIpc) is 3.49. The number of carbonyl (C=O) groups is 2. The van der Waals surface area contributed by atoms with Crippen LogP contribution >= 0.6 is 11.3 Å². The second-order valence-corrected chi connectivity index (χ2v) is 8.84. The van der Waals surface area contributed by atoms with Crippen molar-refractivity contribution >= 4 is 28.2 Å². The number of amides is 2. The van der Waals surface area contributed by atoms with Crippen LogP contribution in [0.2, 0.25) is 0 Å². The molecule has 25 heavy (non-hydrogen) atoms. The van der Waals surface area contributed by atoms with E-state index < -0.39 is 5.60 Å². The quantitative estimate of drug-likeness (QED) is 0.613. The summed E-state index contributed by atoms with van der Waals surface area (Å²) in [5.41, 5.74) is 6.19. The molecular weight excluding hydrogens is 338 g/mol. The lowest BCUT2D eigenvalue weighted by molar-refractivity contribution is -0.117. The molecule has 2 amide bonds. The van der Waals surface area contributed by atoms with Gasteiger partial charge in [-0.05, 0) is 50.0 Å². The minimum Gasteiger partial charge on any atom is -0.388 e. The second-order valence-electron chi connectivity index (χ2n) is 7.73. The van der Waals surface area contributed by atoms with E-state index in [0.717, 1.165) is 23.3 Å². The van der Waals surface area contributed by atoms with Crippen molar-refractivity contribution in [2.24, 2.45) is 17.6 Å². The molecule has 0 radical (unpaired) electrons. The number of carbonyl (C=O) groups excluding carboxylic acids is 2. The SMILES string of the molecule is NCC1(O)CCc2sc(NC(=O)C3CC3)c(C(=O)NCC3CC3)c2C1. The molecule has 1 aromatic rings. The summed E-state index contributed by atoms with van der Waals surface area (Å²) in [6.45, 7) is 0.857. The Morgan fingerprint density at radius 3 is 2.68 bits per heavy atom. The van der Waals surface area contributed by atoms with Crippen LogP contribution in [0, 0.1) is 11.8 Å². The van der Waals surface area contributed by atoms with E-state index in [1.165, 1.54) is 24.2 Å².